The molecule has 0 aliphatic carbocycles. The van der Waals surface area contributed by atoms with Crippen LogP contribution in [0.25, 0.3) is 0 Å². The average Bonchev–Trinajstić information content (AvgIpc) is 2.32. The quantitative estimate of drug-likeness (QED) is 0.843. The van der Waals surface area contributed by atoms with E-state index in [0.29, 0.717) is 6.42 Å². The molecule has 0 spiro atoms. The largest absolute Gasteiger partial charge is 0.496 e. The van der Waals surface area contributed by atoms with Crippen molar-refractivity contribution in [3.8, 4) is 5.75 Å². The van der Waals surface area contributed by atoms with Gasteiger partial charge in [0.1, 0.15) is 5.75 Å². The third-order valence-corrected chi connectivity index (χ3v) is 3.55. The van der Waals surface area contributed by atoms with E-state index in [4.69, 9.17) is 15.6 Å². The average molecular weight is 251 g/mol. The van der Waals surface area contributed by atoms with E-state index >= 15 is 0 Å². The number of carboxylic acid groups (broad SMARTS) is 1. The molecule has 4 heteroatoms. The molecule has 0 radical (unpaired) electrons. The van der Waals surface area contributed by atoms with E-state index in [1.54, 1.807) is 7.11 Å². The molecule has 100 valence electrons. The Morgan fingerprint density at radius 3 is 2.44 bits per heavy atom. The summed E-state index contributed by atoms with van der Waals surface area (Å²) in [6, 6.07) is 3.21. The van der Waals surface area contributed by atoms with Gasteiger partial charge in [-0.05, 0) is 43.0 Å². The van der Waals surface area contributed by atoms with Crippen molar-refractivity contribution in [1.29, 1.82) is 0 Å². The monoisotopic (exact) mass is 251 g/mol. The number of carboxylic acids is 1. The second-order valence-electron chi connectivity index (χ2n) is 4.49. The van der Waals surface area contributed by atoms with Crippen LogP contribution < -0.4 is 10.5 Å². The first kappa shape index (κ1) is 14.5. The van der Waals surface area contributed by atoms with Gasteiger partial charge in [0.25, 0.3) is 0 Å². The first-order valence-electron chi connectivity index (χ1n) is 6.06. The molecule has 0 bridgehead atoms. The Labute approximate surface area is 108 Å². The number of rotatable bonds is 5. The van der Waals surface area contributed by atoms with Gasteiger partial charge in [-0.1, -0.05) is 13.0 Å². The lowest BCUT2D eigenvalue weighted by atomic mass is 9.87. The van der Waals surface area contributed by atoms with Crippen molar-refractivity contribution in [2.24, 2.45) is 11.7 Å². The fourth-order valence-electron chi connectivity index (χ4n) is 2.20. The van der Waals surface area contributed by atoms with Gasteiger partial charge >= 0.3 is 5.97 Å². The van der Waals surface area contributed by atoms with Crippen LogP contribution in [0.4, 0.5) is 0 Å². The van der Waals surface area contributed by atoms with Crippen molar-refractivity contribution >= 4 is 5.97 Å². The molecule has 0 heterocycles. The SMILES string of the molecule is CCC(C(=O)O)C(N)c1ccc(OC)c(C)c1C. The van der Waals surface area contributed by atoms with Crippen molar-refractivity contribution < 1.29 is 14.6 Å². The maximum absolute atomic E-state index is 11.2. The van der Waals surface area contributed by atoms with Crippen LogP contribution in [0.2, 0.25) is 0 Å². The van der Waals surface area contributed by atoms with Crippen LogP contribution in [0.1, 0.15) is 36.1 Å². The number of aliphatic carboxylic acids is 1. The lowest BCUT2D eigenvalue weighted by molar-refractivity contribution is -0.142. The lowest BCUT2D eigenvalue weighted by Gasteiger charge is -2.22. The van der Waals surface area contributed by atoms with E-state index < -0.39 is 17.9 Å². The first-order valence-corrected chi connectivity index (χ1v) is 6.06. The summed E-state index contributed by atoms with van der Waals surface area (Å²) < 4.78 is 5.24. The summed E-state index contributed by atoms with van der Waals surface area (Å²) in [5, 5.41) is 9.16. The van der Waals surface area contributed by atoms with Crippen molar-refractivity contribution in [1.82, 2.24) is 0 Å². The molecular formula is C14H21NO3. The molecule has 1 aromatic carbocycles. The predicted molar refractivity (Wildman–Crippen MR) is 70.8 cm³/mol. The molecule has 1 rings (SSSR count). The second-order valence-corrected chi connectivity index (χ2v) is 4.49. The highest BCUT2D eigenvalue weighted by molar-refractivity contribution is 5.71. The highest BCUT2D eigenvalue weighted by atomic mass is 16.5. The number of methoxy groups -OCH3 is 1. The molecule has 2 atom stereocenters. The van der Waals surface area contributed by atoms with Crippen LogP contribution in [0, 0.1) is 19.8 Å². The van der Waals surface area contributed by atoms with E-state index in [-0.39, 0.29) is 0 Å². The van der Waals surface area contributed by atoms with E-state index in [2.05, 4.69) is 0 Å². The normalized spacial score (nSPS) is 14.1. The number of nitrogens with two attached hydrogens (primary N) is 1. The van der Waals surface area contributed by atoms with Gasteiger partial charge in [0, 0.05) is 6.04 Å². The minimum atomic E-state index is -0.849. The highest BCUT2D eigenvalue weighted by Gasteiger charge is 2.26. The lowest BCUT2D eigenvalue weighted by Crippen LogP contribution is -2.28. The standard InChI is InChI=1S/C14H21NO3/c1-5-10(14(16)17)13(15)11-6-7-12(18-4)9(3)8(11)2/h6-7,10,13H,5,15H2,1-4H3,(H,16,17). The van der Waals surface area contributed by atoms with Gasteiger partial charge < -0.3 is 15.6 Å². The van der Waals surface area contributed by atoms with Crippen LogP contribution in [0.3, 0.4) is 0 Å². The zero-order valence-corrected chi connectivity index (χ0v) is 11.4. The van der Waals surface area contributed by atoms with E-state index in [1.807, 2.05) is 32.9 Å². The number of hydrogen-bond donors (Lipinski definition) is 2. The summed E-state index contributed by atoms with van der Waals surface area (Å²) >= 11 is 0. The molecule has 0 saturated carbocycles. The zero-order chi connectivity index (χ0) is 13.9. The molecule has 0 aliphatic heterocycles. The van der Waals surface area contributed by atoms with Gasteiger partial charge in [-0.2, -0.15) is 0 Å². The summed E-state index contributed by atoms with van der Waals surface area (Å²) in [5.41, 5.74) is 8.97. The van der Waals surface area contributed by atoms with Gasteiger partial charge in [0.15, 0.2) is 0 Å². The van der Waals surface area contributed by atoms with Crippen molar-refractivity contribution in [3.63, 3.8) is 0 Å². The van der Waals surface area contributed by atoms with E-state index in [1.165, 1.54) is 0 Å². The molecule has 18 heavy (non-hydrogen) atoms. The molecule has 2 unspecified atom stereocenters. The minimum absolute atomic E-state index is 0.489. The number of hydrogen-bond acceptors (Lipinski definition) is 3. The Hall–Kier alpha value is -1.55. The second kappa shape index (κ2) is 5.87. The minimum Gasteiger partial charge on any atom is -0.496 e. The van der Waals surface area contributed by atoms with Crippen molar-refractivity contribution in [2.45, 2.75) is 33.2 Å². The zero-order valence-electron chi connectivity index (χ0n) is 11.4. The fraction of sp³-hybridized carbons (Fsp3) is 0.500. The Bertz CT molecular complexity index is 443. The fourth-order valence-corrected chi connectivity index (χ4v) is 2.20. The smallest absolute Gasteiger partial charge is 0.308 e. The Kier molecular flexibility index (Phi) is 4.73. The summed E-state index contributed by atoms with van der Waals surface area (Å²) in [5.74, 6) is -0.610. The van der Waals surface area contributed by atoms with Crippen molar-refractivity contribution in [2.75, 3.05) is 7.11 Å². The Morgan fingerprint density at radius 2 is 2.00 bits per heavy atom. The molecule has 4 nitrogen and oxygen atoms in total. The summed E-state index contributed by atoms with van der Waals surface area (Å²) in [7, 11) is 1.62. The number of benzene rings is 1. The van der Waals surface area contributed by atoms with Crippen LogP contribution in [0.15, 0.2) is 12.1 Å². The maximum atomic E-state index is 11.2. The molecule has 0 aliphatic rings. The van der Waals surface area contributed by atoms with Gasteiger partial charge in [-0.3, -0.25) is 4.79 Å². The van der Waals surface area contributed by atoms with Gasteiger partial charge in [0.05, 0.1) is 13.0 Å². The third-order valence-electron chi connectivity index (χ3n) is 3.55. The van der Waals surface area contributed by atoms with E-state index in [9.17, 15) is 4.79 Å². The predicted octanol–water partition coefficient (Wildman–Crippen LogP) is 2.42. The van der Waals surface area contributed by atoms with Crippen LogP contribution in [0.5, 0.6) is 5.75 Å². The van der Waals surface area contributed by atoms with Gasteiger partial charge in [-0.25, -0.2) is 0 Å². The molecule has 0 fully saturated rings. The molecule has 3 N–H and O–H groups in total. The van der Waals surface area contributed by atoms with Crippen LogP contribution >= 0.6 is 0 Å². The topological polar surface area (TPSA) is 72.5 Å². The van der Waals surface area contributed by atoms with Gasteiger partial charge in [-0.15, -0.1) is 0 Å². The summed E-state index contributed by atoms with van der Waals surface area (Å²) in [4.78, 5) is 11.2. The molecule has 0 aromatic heterocycles. The molecular weight excluding hydrogens is 230 g/mol. The Morgan fingerprint density at radius 1 is 1.39 bits per heavy atom. The number of carbonyl (C=O) groups is 1. The summed E-state index contributed by atoms with van der Waals surface area (Å²) in [6.45, 7) is 5.73. The van der Waals surface area contributed by atoms with Crippen LogP contribution in [-0.2, 0) is 4.79 Å². The number of ether oxygens (including phenoxy) is 1. The molecule has 0 amide bonds. The van der Waals surface area contributed by atoms with E-state index in [0.717, 1.165) is 22.4 Å². The Balaban J connectivity index is 3.17. The van der Waals surface area contributed by atoms with Gasteiger partial charge in [0.2, 0.25) is 0 Å². The van der Waals surface area contributed by atoms with Crippen LogP contribution in [-0.4, -0.2) is 18.2 Å². The molecule has 0 saturated heterocycles. The summed E-state index contributed by atoms with van der Waals surface area (Å²) in [6.07, 6.45) is 0.515. The van der Waals surface area contributed by atoms with Crippen molar-refractivity contribution in [3.05, 3.63) is 28.8 Å². The highest BCUT2D eigenvalue weighted by Crippen LogP contribution is 2.31. The molecule has 1 aromatic rings. The maximum Gasteiger partial charge on any atom is 0.308 e. The first-order chi connectivity index (χ1) is 8.43. The third kappa shape index (κ3) is 2.64.